The van der Waals surface area contributed by atoms with Crippen LogP contribution in [0.2, 0.25) is 0 Å². The van der Waals surface area contributed by atoms with Crippen molar-refractivity contribution in [2.45, 2.75) is 0 Å². The van der Waals surface area contributed by atoms with E-state index >= 15 is 0 Å². The average Bonchev–Trinajstić information content (AvgIpc) is 3.83. The van der Waals surface area contributed by atoms with Crippen LogP contribution in [0, 0.1) is 0 Å². The Hall–Kier alpha value is -8.92. The summed E-state index contributed by atoms with van der Waals surface area (Å²) in [5, 5.41) is 3.37. The second-order valence-corrected chi connectivity index (χ2v) is 16.9. The van der Waals surface area contributed by atoms with Crippen molar-refractivity contribution in [2.24, 2.45) is 0 Å². The van der Waals surface area contributed by atoms with Crippen molar-refractivity contribution < 1.29 is 0 Å². The van der Waals surface area contributed by atoms with Gasteiger partial charge in [-0.1, -0.05) is 237 Å². The lowest BCUT2D eigenvalue weighted by molar-refractivity contribution is 1.07. The quantitative estimate of drug-likeness (QED) is 0.135. The molecule has 12 rings (SSSR count). The van der Waals surface area contributed by atoms with Crippen LogP contribution in [-0.2, 0) is 0 Å². The third-order valence-corrected chi connectivity index (χ3v) is 12.9. The number of imidazole rings is 1. The molecule has 0 aliphatic heterocycles. The van der Waals surface area contributed by atoms with E-state index in [1.54, 1.807) is 0 Å². The number of fused-ring (bicyclic) bond motifs is 3. The molecule has 2 heterocycles. The highest BCUT2D eigenvalue weighted by Crippen LogP contribution is 2.43. The molecule has 0 radical (unpaired) electrons. The van der Waals surface area contributed by atoms with E-state index in [1.807, 2.05) is 0 Å². The summed E-state index contributed by atoms with van der Waals surface area (Å²) in [5.74, 6) is 0.890. The predicted octanol–water partition coefficient (Wildman–Crippen LogP) is 16.9. The summed E-state index contributed by atoms with van der Waals surface area (Å²) < 4.78 is 2.32. The Balaban J connectivity index is 1.03. The van der Waals surface area contributed by atoms with Crippen molar-refractivity contribution >= 4 is 21.7 Å². The van der Waals surface area contributed by atoms with Crippen LogP contribution < -0.4 is 0 Å². The number of hydrogen-bond acceptors (Lipinski definition) is 2. The smallest absolute Gasteiger partial charge is 0.145 e. The van der Waals surface area contributed by atoms with Gasteiger partial charge >= 0.3 is 0 Å². The number of benzene rings is 10. The lowest BCUT2D eigenvalue weighted by Crippen LogP contribution is -2.00. The van der Waals surface area contributed by atoms with Crippen molar-refractivity contribution in [3.8, 4) is 95.4 Å². The molecule has 0 saturated heterocycles. The first-order valence-electron chi connectivity index (χ1n) is 22.8. The molecule has 0 N–H and O–H groups in total. The number of nitrogens with zero attached hydrogens (tertiary/aromatic N) is 3. The first-order chi connectivity index (χ1) is 33.2. The fourth-order valence-electron chi connectivity index (χ4n) is 9.52. The number of hydrogen-bond donors (Lipinski definition) is 0. The minimum atomic E-state index is 0.890. The lowest BCUT2D eigenvalue weighted by atomic mass is 9.90. The summed E-state index contributed by atoms with van der Waals surface area (Å²) in [7, 11) is 0. The van der Waals surface area contributed by atoms with Crippen molar-refractivity contribution in [1.82, 2.24) is 14.5 Å². The van der Waals surface area contributed by atoms with Crippen LogP contribution >= 0.6 is 0 Å². The monoisotopic (exact) mass is 853 g/mol. The largest absolute Gasteiger partial charge is 0.292 e. The SMILES string of the molecule is c1ccc(-c2ccc(-c3cc(-c4ccc(-c5ccccc5)cc4)c4cc(-c5ccc(-n6c(-c7ccccc7)nc(-c7ccccc7)c6-c6ccccc6)cc5)c5ccccc5c4n3)cc2)cc1. The minimum absolute atomic E-state index is 0.890. The zero-order valence-electron chi connectivity index (χ0n) is 36.7. The van der Waals surface area contributed by atoms with Crippen LogP contribution in [0.15, 0.2) is 261 Å². The Bertz CT molecular complexity index is 3660. The van der Waals surface area contributed by atoms with E-state index in [4.69, 9.17) is 9.97 Å². The molecule has 0 atom stereocenters. The van der Waals surface area contributed by atoms with Gasteiger partial charge in [0.2, 0.25) is 0 Å². The van der Waals surface area contributed by atoms with Gasteiger partial charge in [-0.3, -0.25) is 4.57 Å². The van der Waals surface area contributed by atoms with Gasteiger partial charge in [0, 0.05) is 38.7 Å². The molecule has 0 saturated carbocycles. The molecule has 10 aromatic carbocycles. The van der Waals surface area contributed by atoms with E-state index in [0.29, 0.717) is 0 Å². The number of pyridine rings is 1. The van der Waals surface area contributed by atoms with Gasteiger partial charge in [0.1, 0.15) is 5.82 Å². The van der Waals surface area contributed by atoms with E-state index < -0.39 is 0 Å². The minimum Gasteiger partial charge on any atom is -0.292 e. The van der Waals surface area contributed by atoms with Gasteiger partial charge in [0.15, 0.2) is 0 Å². The molecule has 0 bridgehead atoms. The van der Waals surface area contributed by atoms with Crippen LogP contribution in [-0.4, -0.2) is 14.5 Å². The highest BCUT2D eigenvalue weighted by molar-refractivity contribution is 6.16. The summed E-state index contributed by atoms with van der Waals surface area (Å²) in [4.78, 5) is 10.9. The fourth-order valence-corrected chi connectivity index (χ4v) is 9.52. The van der Waals surface area contributed by atoms with Crippen LogP contribution in [0.25, 0.3) is 117 Å². The second-order valence-electron chi connectivity index (χ2n) is 16.9. The predicted molar refractivity (Wildman–Crippen MR) is 280 cm³/mol. The summed E-state index contributed by atoms with van der Waals surface area (Å²) in [6, 6.07) is 92.9. The molecule has 0 spiro atoms. The molecule has 0 aliphatic carbocycles. The Morgan fingerprint density at radius 2 is 0.672 bits per heavy atom. The third-order valence-electron chi connectivity index (χ3n) is 12.9. The zero-order chi connectivity index (χ0) is 44.5. The number of aromatic nitrogens is 3. The lowest BCUT2D eigenvalue weighted by Gasteiger charge is -2.17. The van der Waals surface area contributed by atoms with E-state index in [2.05, 4.69) is 265 Å². The molecule has 0 amide bonds. The summed E-state index contributed by atoms with van der Waals surface area (Å²) in [6.07, 6.45) is 0. The second kappa shape index (κ2) is 17.2. The molecule has 2 aromatic heterocycles. The first kappa shape index (κ1) is 39.7. The van der Waals surface area contributed by atoms with Gasteiger partial charge in [-0.2, -0.15) is 0 Å². The molecule has 0 aliphatic rings. The van der Waals surface area contributed by atoms with Crippen molar-refractivity contribution in [1.29, 1.82) is 0 Å². The molecule has 314 valence electrons. The molecule has 12 aromatic rings. The maximum atomic E-state index is 5.51. The molecule has 3 nitrogen and oxygen atoms in total. The van der Waals surface area contributed by atoms with Gasteiger partial charge in [-0.15, -0.1) is 0 Å². The molecule has 67 heavy (non-hydrogen) atoms. The van der Waals surface area contributed by atoms with Gasteiger partial charge < -0.3 is 0 Å². The van der Waals surface area contributed by atoms with E-state index in [9.17, 15) is 0 Å². The average molecular weight is 854 g/mol. The molecular weight excluding hydrogens is 811 g/mol. The maximum absolute atomic E-state index is 5.51. The van der Waals surface area contributed by atoms with Gasteiger partial charge in [-0.25, -0.2) is 9.97 Å². The zero-order valence-corrected chi connectivity index (χ0v) is 36.7. The van der Waals surface area contributed by atoms with Gasteiger partial charge in [0.05, 0.1) is 22.6 Å². The summed E-state index contributed by atoms with van der Waals surface area (Å²) in [5.41, 5.74) is 18.6. The maximum Gasteiger partial charge on any atom is 0.145 e. The van der Waals surface area contributed by atoms with E-state index in [0.717, 1.165) is 94.8 Å². The van der Waals surface area contributed by atoms with Crippen LogP contribution in [0.3, 0.4) is 0 Å². The first-order valence-corrected chi connectivity index (χ1v) is 22.8. The third kappa shape index (κ3) is 7.49. The van der Waals surface area contributed by atoms with Crippen molar-refractivity contribution in [3.05, 3.63) is 261 Å². The highest BCUT2D eigenvalue weighted by Gasteiger charge is 2.23. The Kier molecular flexibility index (Phi) is 10.2. The van der Waals surface area contributed by atoms with Crippen molar-refractivity contribution in [2.75, 3.05) is 0 Å². The van der Waals surface area contributed by atoms with Crippen LogP contribution in [0.4, 0.5) is 0 Å². The van der Waals surface area contributed by atoms with Gasteiger partial charge in [0.25, 0.3) is 0 Å². The Morgan fingerprint density at radius 3 is 1.22 bits per heavy atom. The number of rotatable bonds is 9. The Morgan fingerprint density at radius 1 is 0.269 bits per heavy atom. The van der Waals surface area contributed by atoms with E-state index in [1.165, 1.54) is 22.3 Å². The molecule has 0 unspecified atom stereocenters. The standard InChI is InChI=1S/C64H43N3/c1-6-18-44(19-7-1)46-30-34-48(35-31-46)58-43-60(50-36-32-47(33-37-50)45-20-8-2-9-21-45)65-62-56-29-17-16-28-55(56)57(42-59(58)62)49-38-40-54(41-39-49)67-63(52-24-12-4-13-25-52)61(51-22-10-3-11-23-51)66-64(67)53-26-14-5-15-27-53/h1-43H. The Labute approximate surface area is 390 Å². The topological polar surface area (TPSA) is 30.7 Å². The van der Waals surface area contributed by atoms with Crippen LogP contribution in [0.1, 0.15) is 0 Å². The summed E-state index contributed by atoms with van der Waals surface area (Å²) >= 11 is 0. The molecule has 0 fully saturated rings. The fraction of sp³-hybridized carbons (Fsp3) is 0. The summed E-state index contributed by atoms with van der Waals surface area (Å²) in [6.45, 7) is 0. The molecule has 3 heteroatoms. The van der Waals surface area contributed by atoms with Crippen LogP contribution in [0.5, 0.6) is 0 Å². The molecular formula is C64H43N3. The van der Waals surface area contributed by atoms with Crippen molar-refractivity contribution in [3.63, 3.8) is 0 Å². The normalized spacial score (nSPS) is 11.3. The van der Waals surface area contributed by atoms with Gasteiger partial charge in [-0.05, 0) is 74.2 Å². The van der Waals surface area contributed by atoms with E-state index in [-0.39, 0.29) is 0 Å². The highest BCUT2D eigenvalue weighted by atomic mass is 15.1.